The van der Waals surface area contributed by atoms with Crippen LogP contribution >= 0.6 is 0 Å². The molecule has 1 aromatic heterocycles. The Labute approximate surface area is 136 Å². The minimum Gasteiger partial charge on any atom is -0.396 e. The zero-order valence-electron chi connectivity index (χ0n) is 14.0. The summed E-state index contributed by atoms with van der Waals surface area (Å²) in [6, 6.07) is 9.09. The summed E-state index contributed by atoms with van der Waals surface area (Å²) in [6.45, 7) is 7.69. The zero-order chi connectivity index (χ0) is 17.0. The number of rotatable bonds is 5. The van der Waals surface area contributed by atoms with E-state index < -0.39 is 0 Å². The number of aliphatic hydroxyl groups is 1. The van der Waals surface area contributed by atoms with Crippen LogP contribution in [-0.4, -0.2) is 33.6 Å². The van der Waals surface area contributed by atoms with Crippen molar-refractivity contribution in [2.75, 3.05) is 11.9 Å². The number of aryl methyl sites for hydroxylation is 2. The van der Waals surface area contributed by atoms with E-state index in [1.807, 2.05) is 62.7 Å². The Balaban J connectivity index is 2.18. The molecule has 0 aliphatic heterocycles. The van der Waals surface area contributed by atoms with Crippen molar-refractivity contribution in [2.45, 2.75) is 33.7 Å². The molecule has 2 rings (SSSR count). The molecule has 2 aromatic rings. The molecule has 2 unspecified atom stereocenters. The molecule has 1 aromatic carbocycles. The van der Waals surface area contributed by atoms with Crippen LogP contribution in [0.25, 0.3) is 5.69 Å². The molecule has 23 heavy (non-hydrogen) atoms. The highest BCUT2D eigenvalue weighted by atomic mass is 16.3. The van der Waals surface area contributed by atoms with E-state index in [1.54, 1.807) is 0 Å². The number of urea groups is 1. The molecule has 0 saturated carbocycles. The predicted octanol–water partition coefficient (Wildman–Crippen LogP) is 2.63. The molecule has 2 atom stereocenters. The normalized spacial score (nSPS) is 13.4. The molecule has 3 N–H and O–H groups in total. The highest BCUT2D eigenvalue weighted by Gasteiger charge is 2.15. The number of nitrogens with one attached hydrogen (secondary N) is 2. The average molecular weight is 316 g/mol. The average Bonchev–Trinajstić information content (AvgIpc) is 2.85. The zero-order valence-corrected chi connectivity index (χ0v) is 14.0. The molecule has 0 spiro atoms. The Morgan fingerprint density at radius 2 is 2.00 bits per heavy atom. The van der Waals surface area contributed by atoms with Crippen molar-refractivity contribution in [3.8, 4) is 5.69 Å². The lowest BCUT2D eigenvalue weighted by Crippen LogP contribution is -2.41. The van der Waals surface area contributed by atoms with Crippen LogP contribution in [-0.2, 0) is 0 Å². The first-order valence-corrected chi connectivity index (χ1v) is 7.73. The molecule has 0 saturated heterocycles. The standard InChI is InChI=1S/C17H24N4O2/c1-11(10-22)14(4)18-17(23)19-15-7-5-6-8-16(15)21-13(3)9-12(2)20-21/h5-9,11,14,22H,10H2,1-4H3,(H2,18,19,23). The minimum absolute atomic E-state index is 0.00740. The van der Waals surface area contributed by atoms with Crippen molar-refractivity contribution < 1.29 is 9.90 Å². The van der Waals surface area contributed by atoms with Gasteiger partial charge in [-0.1, -0.05) is 19.1 Å². The first-order chi connectivity index (χ1) is 10.9. The van der Waals surface area contributed by atoms with Gasteiger partial charge in [-0.25, -0.2) is 9.48 Å². The van der Waals surface area contributed by atoms with E-state index in [2.05, 4.69) is 15.7 Å². The molecular formula is C17H24N4O2. The van der Waals surface area contributed by atoms with Crippen LogP contribution < -0.4 is 10.6 Å². The first kappa shape index (κ1) is 17.0. The maximum atomic E-state index is 12.2. The minimum atomic E-state index is -0.299. The summed E-state index contributed by atoms with van der Waals surface area (Å²) in [5, 5.41) is 19.3. The Hall–Kier alpha value is -2.34. The predicted molar refractivity (Wildman–Crippen MR) is 90.9 cm³/mol. The van der Waals surface area contributed by atoms with E-state index in [0.29, 0.717) is 5.69 Å². The molecule has 0 radical (unpaired) electrons. The van der Waals surface area contributed by atoms with Crippen molar-refractivity contribution in [1.29, 1.82) is 0 Å². The SMILES string of the molecule is Cc1cc(C)n(-c2ccccc2NC(=O)NC(C)C(C)CO)n1. The fourth-order valence-corrected chi connectivity index (χ4v) is 2.30. The first-order valence-electron chi connectivity index (χ1n) is 7.73. The molecule has 0 aliphatic rings. The Bertz CT molecular complexity index is 681. The number of anilines is 1. The van der Waals surface area contributed by atoms with Gasteiger partial charge in [-0.2, -0.15) is 5.10 Å². The molecule has 0 bridgehead atoms. The second-order valence-electron chi connectivity index (χ2n) is 5.90. The van der Waals surface area contributed by atoms with Gasteiger partial charge in [0.25, 0.3) is 0 Å². The van der Waals surface area contributed by atoms with Crippen molar-refractivity contribution in [3.05, 3.63) is 41.7 Å². The van der Waals surface area contributed by atoms with E-state index in [1.165, 1.54) is 0 Å². The number of benzene rings is 1. The number of carbonyl (C=O) groups excluding carboxylic acids is 1. The molecule has 1 heterocycles. The van der Waals surface area contributed by atoms with Gasteiger partial charge >= 0.3 is 6.03 Å². The quantitative estimate of drug-likeness (QED) is 0.793. The van der Waals surface area contributed by atoms with Crippen molar-refractivity contribution in [3.63, 3.8) is 0 Å². The number of amides is 2. The Morgan fingerprint density at radius 1 is 1.30 bits per heavy atom. The van der Waals surface area contributed by atoms with E-state index >= 15 is 0 Å². The fraction of sp³-hybridized carbons (Fsp3) is 0.412. The third kappa shape index (κ3) is 4.10. The van der Waals surface area contributed by atoms with Gasteiger partial charge in [-0.3, -0.25) is 0 Å². The molecular weight excluding hydrogens is 292 g/mol. The van der Waals surface area contributed by atoms with Gasteiger partial charge in [0, 0.05) is 18.3 Å². The summed E-state index contributed by atoms with van der Waals surface area (Å²) in [7, 11) is 0. The van der Waals surface area contributed by atoms with Gasteiger partial charge in [-0.05, 0) is 44.9 Å². The van der Waals surface area contributed by atoms with E-state index in [4.69, 9.17) is 5.11 Å². The molecule has 0 fully saturated rings. The lowest BCUT2D eigenvalue weighted by molar-refractivity contribution is 0.204. The monoisotopic (exact) mass is 316 g/mol. The van der Waals surface area contributed by atoms with E-state index in [0.717, 1.165) is 17.1 Å². The lowest BCUT2D eigenvalue weighted by atomic mass is 10.1. The summed E-state index contributed by atoms with van der Waals surface area (Å²) in [6.07, 6.45) is 0. The highest BCUT2D eigenvalue weighted by molar-refractivity contribution is 5.91. The maximum absolute atomic E-state index is 12.2. The van der Waals surface area contributed by atoms with Crippen LogP contribution in [0.5, 0.6) is 0 Å². The number of hydrogen-bond donors (Lipinski definition) is 3. The summed E-state index contributed by atoms with van der Waals surface area (Å²) in [5.74, 6) is -0.00740. The van der Waals surface area contributed by atoms with Gasteiger partial charge in [0.2, 0.25) is 0 Å². The number of para-hydroxylation sites is 2. The van der Waals surface area contributed by atoms with Gasteiger partial charge in [0.05, 0.1) is 17.1 Å². The smallest absolute Gasteiger partial charge is 0.319 e. The van der Waals surface area contributed by atoms with Gasteiger partial charge in [0.15, 0.2) is 0 Å². The van der Waals surface area contributed by atoms with Crippen LogP contribution in [0.15, 0.2) is 30.3 Å². The number of nitrogens with zero attached hydrogens (tertiary/aromatic N) is 2. The van der Waals surface area contributed by atoms with E-state index in [-0.39, 0.29) is 24.6 Å². The second kappa shape index (κ2) is 7.28. The molecule has 6 nitrogen and oxygen atoms in total. The fourth-order valence-electron chi connectivity index (χ4n) is 2.30. The topological polar surface area (TPSA) is 79.2 Å². The van der Waals surface area contributed by atoms with Crippen LogP contribution in [0.3, 0.4) is 0 Å². The molecule has 0 aliphatic carbocycles. The number of aliphatic hydroxyl groups excluding tert-OH is 1. The van der Waals surface area contributed by atoms with E-state index in [9.17, 15) is 4.79 Å². The summed E-state index contributed by atoms with van der Waals surface area (Å²) >= 11 is 0. The maximum Gasteiger partial charge on any atom is 0.319 e. The largest absolute Gasteiger partial charge is 0.396 e. The van der Waals surface area contributed by atoms with Crippen molar-refractivity contribution in [1.82, 2.24) is 15.1 Å². The third-order valence-corrected chi connectivity index (χ3v) is 3.89. The highest BCUT2D eigenvalue weighted by Crippen LogP contribution is 2.21. The van der Waals surface area contributed by atoms with Crippen LogP contribution in [0.2, 0.25) is 0 Å². The summed E-state index contributed by atoms with van der Waals surface area (Å²) in [5.41, 5.74) is 3.42. The van der Waals surface area contributed by atoms with Crippen LogP contribution in [0.4, 0.5) is 10.5 Å². The second-order valence-corrected chi connectivity index (χ2v) is 5.90. The number of aromatic nitrogens is 2. The van der Waals surface area contributed by atoms with Crippen molar-refractivity contribution >= 4 is 11.7 Å². The van der Waals surface area contributed by atoms with Crippen LogP contribution in [0, 0.1) is 19.8 Å². The Kier molecular flexibility index (Phi) is 5.39. The summed E-state index contributed by atoms with van der Waals surface area (Å²) in [4.78, 5) is 12.2. The molecule has 6 heteroatoms. The van der Waals surface area contributed by atoms with Gasteiger partial charge < -0.3 is 15.7 Å². The summed E-state index contributed by atoms with van der Waals surface area (Å²) < 4.78 is 1.81. The molecule has 2 amide bonds. The van der Waals surface area contributed by atoms with Gasteiger partial charge in [-0.15, -0.1) is 0 Å². The number of carbonyl (C=O) groups is 1. The van der Waals surface area contributed by atoms with Crippen LogP contribution in [0.1, 0.15) is 25.2 Å². The van der Waals surface area contributed by atoms with Crippen molar-refractivity contribution in [2.24, 2.45) is 5.92 Å². The Morgan fingerprint density at radius 3 is 2.61 bits per heavy atom. The van der Waals surface area contributed by atoms with Gasteiger partial charge in [0.1, 0.15) is 0 Å². The lowest BCUT2D eigenvalue weighted by Gasteiger charge is -2.20. The number of hydrogen-bond acceptors (Lipinski definition) is 3. The molecule has 124 valence electrons. The third-order valence-electron chi connectivity index (χ3n) is 3.89.